The van der Waals surface area contributed by atoms with Gasteiger partial charge in [0.1, 0.15) is 18.1 Å². The second kappa shape index (κ2) is 14.7. The van der Waals surface area contributed by atoms with E-state index in [-0.39, 0.29) is 5.75 Å². The lowest BCUT2D eigenvalue weighted by molar-refractivity contribution is -0.129. The Morgan fingerprint density at radius 3 is 2.22 bits per heavy atom. The van der Waals surface area contributed by atoms with Crippen molar-refractivity contribution in [2.75, 3.05) is 7.11 Å². The minimum Gasteiger partial charge on any atom is -0.493 e. The Kier molecular flexibility index (Phi) is 10.3. The number of amides is 1. The summed E-state index contributed by atoms with van der Waals surface area (Å²) in [5.74, 6) is 0.863. The first-order valence-corrected chi connectivity index (χ1v) is 12.9. The second-order valence-electron chi connectivity index (χ2n) is 8.82. The van der Waals surface area contributed by atoms with Crippen molar-refractivity contribution in [1.82, 2.24) is 5.43 Å². The molecule has 8 nitrogen and oxygen atoms in total. The first kappa shape index (κ1) is 28.6. The monoisotopic (exact) mass is 550 g/mol. The van der Waals surface area contributed by atoms with E-state index in [9.17, 15) is 9.59 Å². The van der Waals surface area contributed by atoms with E-state index in [1.54, 1.807) is 55.5 Å². The van der Waals surface area contributed by atoms with Crippen LogP contribution in [-0.4, -0.2) is 31.3 Å². The number of rotatable bonds is 12. The number of carbonyl (C=O) groups excluding carboxylic acids is 2. The second-order valence-corrected chi connectivity index (χ2v) is 8.82. The molecular weight excluding hydrogens is 520 g/mol. The Balaban J connectivity index is 1.25. The zero-order chi connectivity index (χ0) is 28.9. The van der Waals surface area contributed by atoms with Crippen LogP contribution in [0.3, 0.4) is 0 Å². The lowest BCUT2D eigenvalue weighted by Crippen LogP contribution is -2.33. The molecule has 0 saturated carbocycles. The third kappa shape index (κ3) is 9.11. The predicted octanol–water partition coefficient (Wildman–Crippen LogP) is 5.81. The van der Waals surface area contributed by atoms with Crippen LogP contribution >= 0.6 is 0 Å². The fourth-order valence-electron chi connectivity index (χ4n) is 3.59. The van der Waals surface area contributed by atoms with E-state index < -0.39 is 18.0 Å². The van der Waals surface area contributed by atoms with Crippen LogP contribution in [0.5, 0.6) is 23.0 Å². The first-order valence-electron chi connectivity index (χ1n) is 12.9. The molecule has 4 aromatic rings. The highest BCUT2D eigenvalue weighted by atomic mass is 16.6. The molecule has 0 fully saturated rings. The molecule has 0 heterocycles. The van der Waals surface area contributed by atoms with Crippen LogP contribution in [0.25, 0.3) is 6.08 Å². The molecule has 0 radical (unpaired) electrons. The van der Waals surface area contributed by atoms with Gasteiger partial charge in [0.05, 0.1) is 13.3 Å². The predicted molar refractivity (Wildman–Crippen MR) is 157 cm³/mol. The highest BCUT2D eigenvalue weighted by Gasteiger charge is 2.14. The smallest absolute Gasteiger partial charge is 0.336 e. The van der Waals surface area contributed by atoms with Crippen LogP contribution in [0.1, 0.15) is 23.6 Å². The standard InChI is InChI=1S/C33H30N2O6/c1-24(40-29-17-15-28(16-18-29)39-23-26-11-7-4-8-12-26)33(37)35-34-22-27-13-19-30(31(21-27)38-2)41-32(36)20-14-25-9-5-3-6-10-25/h3-22,24H,23H2,1-2H3,(H,35,37)/b20-14+,34-22-/t24-/m1/s1. The van der Waals surface area contributed by atoms with E-state index >= 15 is 0 Å². The van der Waals surface area contributed by atoms with Gasteiger partial charge in [0.2, 0.25) is 0 Å². The average molecular weight is 551 g/mol. The fourth-order valence-corrected chi connectivity index (χ4v) is 3.59. The van der Waals surface area contributed by atoms with E-state index in [0.717, 1.165) is 11.1 Å². The summed E-state index contributed by atoms with van der Waals surface area (Å²) in [5, 5.41) is 4.00. The first-order chi connectivity index (χ1) is 20.0. The molecule has 0 aromatic heterocycles. The molecule has 41 heavy (non-hydrogen) atoms. The summed E-state index contributed by atoms with van der Waals surface area (Å²) in [7, 11) is 1.47. The Morgan fingerprint density at radius 2 is 1.51 bits per heavy atom. The summed E-state index contributed by atoms with van der Waals surface area (Å²) in [5.41, 5.74) is 5.04. The SMILES string of the molecule is COc1cc(/C=N\NC(=O)[C@@H](C)Oc2ccc(OCc3ccccc3)cc2)ccc1OC(=O)/C=C/c1ccccc1. The Morgan fingerprint density at radius 1 is 0.829 bits per heavy atom. The van der Waals surface area contributed by atoms with Gasteiger partial charge in [-0.15, -0.1) is 0 Å². The summed E-state index contributed by atoms with van der Waals surface area (Å²) >= 11 is 0. The number of hydrogen-bond acceptors (Lipinski definition) is 7. The molecule has 0 saturated heterocycles. The Bertz CT molecular complexity index is 1490. The number of benzene rings is 4. The number of hydrazone groups is 1. The summed E-state index contributed by atoms with van der Waals surface area (Å²) in [6, 6.07) is 31.3. The van der Waals surface area contributed by atoms with Crippen LogP contribution in [0, 0.1) is 0 Å². The molecule has 4 rings (SSSR count). The molecule has 0 unspecified atom stereocenters. The molecule has 0 spiro atoms. The number of carbonyl (C=O) groups is 2. The lowest BCUT2D eigenvalue weighted by Gasteiger charge is -2.13. The average Bonchev–Trinajstić information content (AvgIpc) is 3.01. The van der Waals surface area contributed by atoms with Gasteiger partial charge in [-0.05, 0) is 72.2 Å². The van der Waals surface area contributed by atoms with E-state index in [2.05, 4.69) is 10.5 Å². The van der Waals surface area contributed by atoms with Gasteiger partial charge < -0.3 is 18.9 Å². The zero-order valence-corrected chi connectivity index (χ0v) is 22.7. The van der Waals surface area contributed by atoms with E-state index in [4.69, 9.17) is 18.9 Å². The molecule has 4 aromatic carbocycles. The largest absolute Gasteiger partial charge is 0.493 e. The van der Waals surface area contributed by atoms with Gasteiger partial charge in [-0.2, -0.15) is 5.10 Å². The third-order valence-corrected chi connectivity index (χ3v) is 5.75. The maximum Gasteiger partial charge on any atom is 0.336 e. The third-order valence-electron chi connectivity index (χ3n) is 5.75. The number of nitrogens with one attached hydrogen (secondary N) is 1. The van der Waals surface area contributed by atoms with Crippen molar-refractivity contribution in [3.05, 3.63) is 126 Å². The highest BCUT2D eigenvalue weighted by Crippen LogP contribution is 2.28. The van der Waals surface area contributed by atoms with Gasteiger partial charge in [0.15, 0.2) is 17.6 Å². The van der Waals surface area contributed by atoms with Gasteiger partial charge in [-0.1, -0.05) is 60.7 Å². The molecule has 1 N–H and O–H groups in total. The Labute approximate surface area is 238 Å². The summed E-state index contributed by atoms with van der Waals surface area (Å²) in [4.78, 5) is 24.7. The molecule has 0 aliphatic heterocycles. The number of hydrogen-bond donors (Lipinski definition) is 1. The minimum atomic E-state index is -0.788. The number of esters is 1. The topological polar surface area (TPSA) is 95.5 Å². The van der Waals surface area contributed by atoms with Crippen molar-refractivity contribution in [3.8, 4) is 23.0 Å². The van der Waals surface area contributed by atoms with Gasteiger partial charge in [-0.3, -0.25) is 4.79 Å². The number of methoxy groups -OCH3 is 1. The maximum atomic E-state index is 12.5. The van der Waals surface area contributed by atoms with Gasteiger partial charge in [0.25, 0.3) is 5.91 Å². The van der Waals surface area contributed by atoms with Crippen LogP contribution in [0.4, 0.5) is 0 Å². The molecule has 208 valence electrons. The zero-order valence-electron chi connectivity index (χ0n) is 22.7. The van der Waals surface area contributed by atoms with Crippen LogP contribution < -0.4 is 24.4 Å². The van der Waals surface area contributed by atoms with E-state index in [1.165, 1.54) is 19.4 Å². The molecule has 1 atom stereocenters. The summed E-state index contributed by atoms with van der Waals surface area (Å²) in [6.45, 7) is 2.09. The number of nitrogens with zero attached hydrogens (tertiary/aromatic N) is 1. The molecule has 0 aliphatic rings. The maximum absolute atomic E-state index is 12.5. The van der Waals surface area contributed by atoms with Crippen molar-refractivity contribution in [2.24, 2.45) is 5.10 Å². The van der Waals surface area contributed by atoms with Crippen molar-refractivity contribution in [2.45, 2.75) is 19.6 Å². The lowest BCUT2D eigenvalue weighted by atomic mass is 10.2. The molecule has 0 aliphatic carbocycles. The summed E-state index contributed by atoms with van der Waals surface area (Å²) < 4.78 is 22.2. The van der Waals surface area contributed by atoms with Crippen molar-refractivity contribution in [3.63, 3.8) is 0 Å². The molecule has 1 amide bonds. The molecular formula is C33H30N2O6. The van der Waals surface area contributed by atoms with Gasteiger partial charge >= 0.3 is 5.97 Å². The fraction of sp³-hybridized carbons (Fsp3) is 0.121. The minimum absolute atomic E-state index is 0.259. The van der Waals surface area contributed by atoms with Gasteiger partial charge in [0, 0.05) is 6.08 Å². The highest BCUT2D eigenvalue weighted by molar-refractivity contribution is 5.89. The van der Waals surface area contributed by atoms with Crippen molar-refractivity contribution >= 4 is 24.2 Å². The molecule has 0 bridgehead atoms. The van der Waals surface area contributed by atoms with Gasteiger partial charge in [-0.25, -0.2) is 10.2 Å². The van der Waals surface area contributed by atoms with E-state index in [0.29, 0.717) is 29.4 Å². The summed E-state index contributed by atoms with van der Waals surface area (Å²) in [6.07, 6.45) is 3.67. The quantitative estimate of drug-likeness (QED) is 0.0786. The van der Waals surface area contributed by atoms with Crippen molar-refractivity contribution < 1.29 is 28.5 Å². The Hall–Kier alpha value is -5.37. The van der Waals surface area contributed by atoms with Crippen LogP contribution in [0.2, 0.25) is 0 Å². The van der Waals surface area contributed by atoms with Crippen LogP contribution in [0.15, 0.2) is 114 Å². The van der Waals surface area contributed by atoms with Crippen molar-refractivity contribution in [1.29, 1.82) is 0 Å². The van der Waals surface area contributed by atoms with E-state index in [1.807, 2.05) is 60.7 Å². The van der Waals surface area contributed by atoms with Crippen LogP contribution in [-0.2, 0) is 16.2 Å². The molecule has 8 heteroatoms. The number of ether oxygens (including phenoxy) is 4. The normalized spacial score (nSPS) is 11.7.